The molecule has 0 aromatic carbocycles. The Hall–Kier alpha value is -1.26. The minimum atomic E-state index is -1.00. The highest BCUT2D eigenvalue weighted by atomic mass is 16.5. The first-order valence-corrected chi connectivity index (χ1v) is 5.18. The van der Waals surface area contributed by atoms with E-state index >= 15 is 0 Å². The molecule has 0 heterocycles. The van der Waals surface area contributed by atoms with Gasteiger partial charge in [-0.2, -0.15) is 0 Å². The number of carbonyl (C=O) groups excluding carboxylic acids is 1. The summed E-state index contributed by atoms with van der Waals surface area (Å²) in [5.41, 5.74) is 0. The number of methoxy groups -OCH3 is 1. The van der Waals surface area contributed by atoms with E-state index in [1.54, 1.807) is 0 Å². The fourth-order valence-electron chi connectivity index (χ4n) is 2.09. The fraction of sp³-hybridized carbons (Fsp3) is 0.800. The number of rotatable bonds is 3. The summed E-state index contributed by atoms with van der Waals surface area (Å²) in [5.74, 6) is 0.0401. The normalized spacial score (nSPS) is 25.7. The molecule has 1 fully saturated rings. The second-order valence-corrected chi connectivity index (χ2v) is 3.94. The lowest BCUT2D eigenvalue weighted by Gasteiger charge is -2.27. The van der Waals surface area contributed by atoms with Crippen molar-refractivity contribution < 1.29 is 19.4 Å². The molecule has 0 radical (unpaired) electrons. The van der Waals surface area contributed by atoms with Crippen LogP contribution in [0.25, 0.3) is 0 Å². The molecule has 2 atom stereocenters. The molecule has 1 rings (SSSR count). The minimum absolute atomic E-state index is 0.0515. The second-order valence-electron chi connectivity index (χ2n) is 3.94. The van der Waals surface area contributed by atoms with Gasteiger partial charge in [0, 0.05) is 6.54 Å². The van der Waals surface area contributed by atoms with Gasteiger partial charge in [-0.3, -0.25) is 4.79 Å². The quantitative estimate of drug-likeness (QED) is 0.694. The predicted molar refractivity (Wildman–Crippen MR) is 53.5 cm³/mol. The summed E-state index contributed by atoms with van der Waals surface area (Å²) in [6.45, 7) is 0.433. The molecule has 0 saturated heterocycles. The Bertz CT molecular complexity index is 242. The van der Waals surface area contributed by atoms with Crippen molar-refractivity contribution in [3.8, 4) is 0 Å². The summed E-state index contributed by atoms with van der Waals surface area (Å²) in [6, 6.07) is 0. The van der Waals surface area contributed by atoms with Gasteiger partial charge in [-0.05, 0) is 25.2 Å². The Labute approximate surface area is 88.8 Å². The van der Waals surface area contributed by atoms with Crippen LogP contribution in [-0.2, 0) is 9.53 Å². The molecule has 2 unspecified atom stereocenters. The first-order valence-electron chi connectivity index (χ1n) is 5.18. The Kier molecular flexibility index (Phi) is 4.39. The summed E-state index contributed by atoms with van der Waals surface area (Å²) < 4.78 is 4.69. The highest BCUT2D eigenvalue weighted by Gasteiger charge is 2.27. The topological polar surface area (TPSA) is 75.6 Å². The minimum Gasteiger partial charge on any atom is -0.469 e. The van der Waals surface area contributed by atoms with Gasteiger partial charge < -0.3 is 15.2 Å². The van der Waals surface area contributed by atoms with Crippen LogP contribution in [0.15, 0.2) is 0 Å². The van der Waals surface area contributed by atoms with Gasteiger partial charge in [-0.25, -0.2) is 4.79 Å². The third-order valence-electron chi connectivity index (χ3n) is 2.86. The van der Waals surface area contributed by atoms with E-state index in [0.29, 0.717) is 6.54 Å². The van der Waals surface area contributed by atoms with Crippen molar-refractivity contribution in [2.45, 2.75) is 25.7 Å². The van der Waals surface area contributed by atoms with Crippen molar-refractivity contribution in [2.75, 3.05) is 13.7 Å². The van der Waals surface area contributed by atoms with Crippen LogP contribution in [0.3, 0.4) is 0 Å². The van der Waals surface area contributed by atoms with E-state index in [0.717, 1.165) is 25.7 Å². The molecule has 1 aliphatic rings. The first kappa shape index (κ1) is 11.8. The Balaban J connectivity index is 2.35. The average molecular weight is 215 g/mol. The maximum absolute atomic E-state index is 11.3. The molecule has 0 aromatic rings. The van der Waals surface area contributed by atoms with Gasteiger partial charge >= 0.3 is 12.1 Å². The molecule has 5 nitrogen and oxygen atoms in total. The summed E-state index contributed by atoms with van der Waals surface area (Å²) in [6.07, 6.45) is 2.53. The van der Waals surface area contributed by atoms with Crippen LogP contribution in [0.5, 0.6) is 0 Å². The second kappa shape index (κ2) is 5.58. The van der Waals surface area contributed by atoms with E-state index in [1.165, 1.54) is 7.11 Å². The highest BCUT2D eigenvalue weighted by molar-refractivity contribution is 5.72. The first-order chi connectivity index (χ1) is 7.13. The SMILES string of the molecule is COC(=O)C1CCCC(CNC(=O)O)C1. The number of carbonyl (C=O) groups is 2. The van der Waals surface area contributed by atoms with E-state index in [2.05, 4.69) is 10.1 Å². The predicted octanol–water partition coefficient (Wildman–Crippen LogP) is 1.23. The van der Waals surface area contributed by atoms with Crippen LogP contribution in [0.2, 0.25) is 0 Å². The van der Waals surface area contributed by atoms with Crippen molar-refractivity contribution in [3.63, 3.8) is 0 Å². The standard InChI is InChI=1S/C10H17NO4/c1-15-9(12)8-4-2-3-7(5-8)6-11-10(13)14/h7-8,11H,2-6H2,1H3,(H,13,14). The summed E-state index contributed by atoms with van der Waals surface area (Å²) in [5, 5.41) is 10.8. The molecule has 1 aliphatic carbocycles. The van der Waals surface area contributed by atoms with Gasteiger partial charge in [0.25, 0.3) is 0 Å². The van der Waals surface area contributed by atoms with Crippen LogP contribution < -0.4 is 5.32 Å². The van der Waals surface area contributed by atoms with Crippen molar-refractivity contribution >= 4 is 12.1 Å². The van der Waals surface area contributed by atoms with Gasteiger partial charge in [0.1, 0.15) is 0 Å². The number of hydrogen-bond donors (Lipinski definition) is 2. The Morgan fingerprint density at radius 1 is 1.47 bits per heavy atom. The van der Waals surface area contributed by atoms with Gasteiger partial charge in [0.2, 0.25) is 0 Å². The van der Waals surface area contributed by atoms with Crippen molar-refractivity contribution in [3.05, 3.63) is 0 Å². The Morgan fingerprint density at radius 2 is 2.20 bits per heavy atom. The number of hydrogen-bond acceptors (Lipinski definition) is 3. The van der Waals surface area contributed by atoms with Crippen LogP contribution in [0.1, 0.15) is 25.7 Å². The van der Waals surface area contributed by atoms with E-state index < -0.39 is 6.09 Å². The lowest BCUT2D eigenvalue weighted by atomic mass is 9.81. The Morgan fingerprint density at radius 3 is 2.80 bits per heavy atom. The smallest absolute Gasteiger partial charge is 0.404 e. The molecule has 0 spiro atoms. The summed E-state index contributed by atoms with van der Waals surface area (Å²) >= 11 is 0. The maximum atomic E-state index is 11.3. The third kappa shape index (κ3) is 3.77. The molecule has 5 heteroatoms. The van der Waals surface area contributed by atoms with E-state index in [-0.39, 0.29) is 17.8 Å². The number of nitrogens with one attached hydrogen (secondary N) is 1. The number of ether oxygens (including phenoxy) is 1. The molecule has 1 amide bonds. The van der Waals surface area contributed by atoms with Gasteiger partial charge in [-0.1, -0.05) is 6.42 Å². The molecule has 2 N–H and O–H groups in total. The maximum Gasteiger partial charge on any atom is 0.404 e. The molecular formula is C10H17NO4. The van der Waals surface area contributed by atoms with Crippen LogP contribution >= 0.6 is 0 Å². The molecule has 0 aliphatic heterocycles. The van der Waals surface area contributed by atoms with Crippen LogP contribution in [0, 0.1) is 11.8 Å². The van der Waals surface area contributed by atoms with E-state index in [4.69, 9.17) is 5.11 Å². The largest absolute Gasteiger partial charge is 0.469 e. The van der Waals surface area contributed by atoms with Crippen molar-refractivity contribution in [2.24, 2.45) is 11.8 Å². The van der Waals surface area contributed by atoms with Crippen LogP contribution in [-0.4, -0.2) is 30.8 Å². The molecule has 15 heavy (non-hydrogen) atoms. The van der Waals surface area contributed by atoms with Crippen molar-refractivity contribution in [1.29, 1.82) is 0 Å². The zero-order valence-corrected chi connectivity index (χ0v) is 8.86. The van der Waals surface area contributed by atoms with E-state index in [1.807, 2.05) is 0 Å². The third-order valence-corrected chi connectivity index (χ3v) is 2.86. The monoisotopic (exact) mass is 215 g/mol. The fourth-order valence-corrected chi connectivity index (χ4v) is 2.09. The van der Waals surface area contributed by atoms with Gasteiger partial charge in [0.05, 0.1) is 13.0 Å². The van der Waals surface area contributed by atoms with Crippen LogP contribution in [0.4, 0.5) is 4.79 Å². The molecule has 86 valence electrons. The van der Waals surface area contributed by atoms with Crippen molar-refractivity contribution in [1.82, 2.24) is 5.32 Å². The van der Waals surface area contributed by atoms with E-state index in [9.17, 15) is 9.59 Å². The van der Waals surface area contributed by atoms with Gasteiger partial charge in [-0.15, -0.1) is 0 Å². The van der Waals surface area contributed by atoms with Gasteiger partial charge in [0.15, 0.2) is 0 Å². The zero-order chi connectivity index (χ0) is 11.3. The summed E-state index contributed by atoms with van der Waals surface area (Å²) in [7, 11) is 1.39. The number of amides is 1. The lowest BCUT2D eigenvalue weighted by molar-refractivity contribution is -0.147. The molecular weight excluding hydrogens is 198 g/mol. The zero-order valence-electron chi connectivity index (χ0n) is 8.86. The lowest BCUT2D eigenvalue weighted by Crippen LogP contribution is -2.32. The molecule has 0 bridgehead atoms. The molecule has 1 saturated carbocycles. The number of esters is 1. The highest BCUT2D eigenvalue weighted by Crippen LogP contribution is 2.29. The molecule has 0 aromatic heterocycles. The number of carboxylic acid groups (broad SMARTS) is 1. The summed E-state index contributed by atoms with van der Waals surface area (Å²) in [4.78, 5) is 21.6. The average Bonchev–Trinajstić information content (AvgIpc) is 2.25.